The van der Waals surface area contributed by atoms with Gasteiger partial charge in [-0.3, -0.25) is 4.79 Å². The van der Waals surface area contributed by atoms with Gasteiger partial charge in [0.15, 0.2) is 0 Å². The average molecular weight is 447 g/mol. The minimum absolute atomic E-state index is 0.0152. The largest absolute Gasteiger partial charge is 0.497 e. The number of ether oxygens (including phenoxy) is 1. The van der Waals surface area contributed by atoms with Gasteiger partial charge >= 0.3 is 11.4 Å². The lowest BCUT2D eigenvalue weighted by Gasteiger charge is -2.18. The van der Waals surface area contributed by atoms with Crippen LogP contribution in [0, 0.1) is 0 Å². The molecule has 10 heteroatoms. The number of hydrogen-bond acceptors (Lipinski definition) is 7. The molecular weight excluding hydrogens is 426 g/mol. The Morgan fingerprint density at radius 1 is 0.970 bits per heavy atom. The zero-order chi connectivity index (χ0) is 23.5. The van der Waals surface area contributed by atoms with Crippen molar-refractivity contribution in [3.63, 3.8) is 0 Å². The van der Waals surface area contributed by atoms with Gasteiger partial charge in [-0.1, -0.05) is 50.2 Å². The summed E-state index contributed by atoms with van der Waals surface area (Å²) in [6.45, 7) is 6.12. The number of fused-ring (bicyclic) bond motifs is 3. The monoisotopic (exact) mass is 447 g/mol. The minimum atomic E-state index is -0.783. The summed E-state index contributed by atoms with van der Waals surface area (Å²) in [5.41, 5.74) is 0.184. The van der Waals surface area contributed by atoms with Crippen molar-refractivity contribution in [2.45, 2.75) is 32.7 Å². The molecule has 0 radical (unpaired) electrons. The van der Waals surface area contributed by atoms with E-state index in [0.29, 0.717) is 17.1 Å². The smallest absolute Gasteiger partial charge is 0.355 e. The SMILES string of the molecule is COc1ccc2c(c1)c(=O)n1c(=O)n(Cc3nc(-c4ccc(C(C)(C)C)cc4)no3)c(=O)n21. The van der Waals surface area contributed by atoms with Crippen molar-refractivity contribution in [1.29, 1.82) is 0 Å². The van der Waals surface area contributed by atoms with Crippen molar-refractivity contribution in [2.75, 3.05) is 7.11 Å². The molecule has 3 aromatic heterocycles. The molecule has 0 saturated heterocycles. The Bertz CT molecular complexity index is 1670. The molecule has 0 bridgehead atoms. The fourth-order valence-electron chi connectivity index (χ4n) is 3.81. The van der Waals surface area contributed by atoms with E-state index in [-0.39, 0.29) is 23.2 Å². The lowest BCUT2D eigenvalue weighted by atomic mass is 9.87. The third-order valence-electron chi connectivity index (χ3n) is 5.65. The van der Waals surface area contributed by atoms with Crippen molar-refractivity contribution in [1.82, 2.24) is 23.7 Å². The molecule has 33 heavy (non-hydrogen) atoms. The van der Waals surface area contributed by atoms with Gasteiger partial charge in [0, 0.05) is 5.56 Å². The summed E-state index contributed by atoms with van der Waals surface area (Å²) in [5.74, 6) is 0.880. The van der Waals surface area contributed by atoms with Crippen LogP contribution in [0.4, 0.5) is 0 Å². The van der Waals surface area contributed by atoms with Crippen LogP contribution < -0.4 is 21.7 Å². The molecule has 10 nitrogen and oxygen atoms in total. The highest BCUT2D eigenvalue weighted by atomic mass is 16.5. The Morgan fingerprint density at radius 3 is 2.33 bits per heavy atom. The van der Waals surface area contributed by atoms with Gasteiger partial charge < -0.3 is 9.26 Å². The first-order valence-electron chi connectivity index (χ1n) is 10.3. The number of nitrogens with zero attached hydrogens (tertiary/aromatic N) is 5. The van der Waals surface area contributed by atoms with Crippen LogP contribution in [0.2, 0.25) is 0 Å². The van der Waals surface area contributed by atoms with Gasteiger partial charge in [-0.15, -0.1) is 0 Å². The molecule has 0 fully saturated rings. The van der Waals surface area contributed by atoms with Gasteiger partial charge in [0.25, 0.3) is 5.56 Å². The van der Waals surface area contributed by atoms with Crippen LogP contribution in [0.1, 0.15) is 32.2 Å². The molecular formula is C23H21N5O5. The van der Waals surface area contributed by atoms with E-state index >= 15 is 0 Å². The highest BCUT2D eigenvalue weighted by Crippen LogP contribution is 2.25. The zero-order valence-electron chi connectivity index (χ0n) is 18.5. The van der Waals surface area contributed by atoms with Crippen LogP contribution in [0.3, 0.4) is 0 Å². The van der Waals surface area contributed by atoms with E-state index in [2.05, 4.69) is 30.9 Å². The van der Waals surface area contributed by atoms with E-state index in [1.54, 1.807) is 12.1 Å². The van der Waals surface area contributed by atoms with Gasteiger partial charge in [-0.25, -0.2) is 14.2 Å². The Morgan fingerprint density at radius 2 is 1.67 bits per heavy atom. The molecule has 0 spiro atoms. The highest BCUT2D eigenvalue weighted by Gasteiger charge is 2.22. The lowest BCUT2D eigenvalue weighted by molar-refractivity contribution is 0.368. The van der Waals surface area contributed by atoms with E-state index in [1.165, 1.54) is 18.7 Å². The molecule has 168 valence electrons. The predicted octanol–water partition coefficient (Wildman–Crippen LogP) is 1.92. The van der Waals surface area contributed by atoms with Crippen LogP contribution in [-0.4, -0.2) is 30.8 Å². The second kappa shape index (κ2) is 7.16. The van der Waals surface area contributed by atoms with Gasteiger partial charge in [0.1, 0.15) is 12.3 Å². The fraction of sp³-hybridized carbons (Fsp3) is 0.261. The molecule has 5 rings (SSSR count). The maximum atomic E-state index is 13.0. The Hall–Kier alpha value is -4.21. The standard InChI is InChI=1S/C23H21N5O5/c1-23(2,3)14-7-5-13(6-8-14)19-24-18(33-25-19)12-26-21(30)27-17-10-9-15(32-4)11-16(17)20(29)28(27)22(26)31/h5-11H,12H2,1-4H3. The van der Waals surface area contributed by atoms with Gasteiger partial charge in [0.2, 0.25) is 11.7 Å². The molecule has 0 aliphatic carbocycles. The zero-order valence-corrected chi connectivity index (χ0v) is 18.5. The minimum Gasteiger partial charge on any atom is -0.497 e. The molecule has 5 aromatic rings. The summed E-state index contributed by atoms with van der Waals surface area (Å²) >= 11 is 0. The van der Waals surface area contributed by atoms with Crippen molar-refractivity contribution >= 4 is 10.9 Å². The summed E-state index contributed by atoms with van der Waals surface area (Å²) in [4.78, 5) is 43.0. The maximum Gasteiger partial charge on any atom is 0.355 e. The molecule has 0 aliphatic rings. The van der Waals surface area contributed by atoms with Crippen LogP contribution in [0.5, 0.6) is 5.75 Å². The lowest BCUT2D eigenvalue weighted by Crippen LogP contribution is -2.31. The van der Waals surface area contributed by atoms with Crippen LogP contribution >= 0.6 is 0 Å². The second-order valence-electron chi connectivity index (χ2n) is 8.80. The summed E-state index contributed by atoms with van der Waals surface area (Å²) in [7, 11) is 1.47. The first kappa shape index (κ1) is 20.7. The number of benzene rings is 2. The predicted molar refractivity (Wildman–Crippen MR) is 120 cm³/mol. The number of hydrogen-bond donors (Lipinski definition) is 0. The van der Waals surface area contributed by atoms with E-state index in [0.717, 1.165) is 19.2 Å². The van der Waals surface area contributed by atoms with E-state index in [9.17, 15) is 14.4 Å². The number of aromatic nitrogens is 5. The van der Waals surface area contributed by atoms with Crippen molar-refractivity contribution in [2.24, 2.45) is 0 Å². The third kappa shape index (κ3) is 3.22. The number of methoxy groups -OCH3 is 1. The Kier molecular flexibility index (Phi) is 4.48. The summed E-state index contributed by atoms with van der Waals surface area (Å²) in [6.07, 6.45) is 0. The Balaban J connectivity index is 1.52. The van der Waals surface area contributed by atoms with E-state index in [1.807, 2.05) is 24.3 Å². The summed E-state index contributed by atoms with van der Waals surface area (Å²) in [5, 5.41) is 4.19. The third-order valence-corrected chi connectivity index (χ3v) is 5.65. The van der Waals surface area contributed by atoms with Gasteiger partial charge in [-0.05, 0) is 29.2 Å². The van der Waals surface area contributed by atoms with Crippen molar-refractivity contribution in [3.8, 4) is 17.1 Å². The van der Waals surface area contributed by atoms with Gasteiger partial charge in [-0.2, -0.15) is 14.0 Å². The molecule has 0 atom stereocenters. The normalized spacial score (nSPS) is 12.1. The van der Waals surface area contributed by atoms with Crippen LogP contribution in [0.25, 0.3) is 22.3 Å². The topological polar surface area (TPSA) is 113 Å². The number of rotatable bonds is 4. The molecule has 0 saturated carbocycles. The van der Waals surface area contributed by atoms with Crippen molar-refractivity contribution in [3.05, 3.63) is 85.2 Å². The first-order valence-corrected chi connectivity index (χ1v) is 10.3. The van der Waals surface area contributed by atoms with E-state index in [4.69, 9.17) is 9.26 Å². The first-order chi connectivity index (χ1) is 15.7. The maximum absolute atomic E-state index is 13.0. The highest BCUT2D eigenvalue weighted by molar-refractivity contribution is 5.80. The van der Waals surface area contributed by atoms with Crippen molar-refractivity contribution < 1.29 is 9.26 Å². The molecule has 0 amide bonds. The van der Waals surface area contributed by atoms with Crippen LogP contribution in [-0.2, 0) is 12.0 Å². The average Bonchev–Trinajstić information content (AvgIpc) is 3.45. The van der Waals surface area contributed by atoms with Gasteiger partial charge in [0.05, 0.1) is 18.0 Å². The molecule has 0 N–H and O–H groups in total. The van der Waals surface area contributed by atoms with E-state index < -0.39 is 16.9 Å². The molecule has 3 heterocycles. The molecule has 2 aromatic carbocycles. The summed E-state index contributed by atoms with van der Waals surface area (Å²) in [6, 6.07) is 12.5. The Labute approximate surface area is 186 Å². The second-order valence-corrected chi connectivity index (χ2v) is 8.80. The summed E-state index contributed by atoms with van der Waals surface area (Å²) < 4.78 is 13.1. The fourth-order valence-corrected chi connectivity index (χ4v) is 3.81. The molecule has 0 aliphatic heterocycles. The molecule has 0 unspecified atom stereocenters. The quantitative estimate of drug-likeness (QED) is 0.414. The van der Waals surface area contributed by atoms with Crippen LogP contribution in [0.15, 0.2) is 61.4 Å².